The monoisotopic (exact) mass is 377 g/mol. The van der Waals surface area contributed by atoms with Crippen molar-refractivity contribution in [3.05, 3.63) is 65.7 Å². The molecule has 26 heavy (non-hydrogen) atoms. The van der Waals surface area contributed by atoms with Gasteiger partial charge in [-0.25, -0.2) is 8.42 Å². The molecule has 6 nitrogen and oxygen atoms in total. The Morgan fingerprint density at radius 1 is 1.12 bits per heavy atom. The van der Waals surface area contributed by atoms with Crippen molar-refractivity contribution in [1.29, 1.82) is 0 Å². The van der Waals surface area contributed by atoms with Crippen LogP contribution in [0.5, 0.6) is 0 Å². The summed E-state index contributed by atoms with van der Waals surface area (Å²) in [6.07, 6.45) is 1.40. The smallest absolute Gasteiger partial charge is 0.321 e. The Morgan fingerprint density at radius 3 is 2.19 bits per heavy atom. The first-order chi connectivity index (χ1) is 12.1. The van der Waals surface area contributed by atoms with Crippen molar-refractivity contribution in [3.63, 3.8) is 0 Å². The molecule has 2 aromatic rings. The van der Waals surface area contributed by atoms with Gasteiger partial charge >= 0.3 is 5.97 Å². The van der Waals surface area contributed by atoms with Gasteiger partial charge in [-0.3, -0.25) is 4.79 Å². The molecule has 3 N–H and O–H groups in total. The first-order valence-electron chi connectivity index (χ1n) is 8.13. The SMILES string of the molecule is CC(O)(CN[C@H](Cc1ccccc1)C(=O)O)c1ccc(S(C)(=O)=O)cc1. The van der Waals surface area contributed by atoms with Crippen LogP contribution >= 0.6 is 0 Å². The Balaban J connectivity index is 2.08. The minimum absolute atomic E-state index is 0.00895. The van der Waals surface area contributed by atoms with E-state index in [0.717, 1.165) is 11.8 Å². The molecule has 0 fully saturated rings. The van der Waals surface area contributed by atoms with E-state index in [2.05, 4.69) is 5.32 Å². The van der Waals surface area contributed by atoms with Crippen LogP contribution in [0.4, 0.5) is 0 Å². The molecule has 0 aliphatic carbocycles. The van der Waals surface area contributed by atoms with Crippen LogP contribution in [0.3, 0.4) is 0 Å². The maximum atomic E-state index is 11.5. The zero-order valence-electron chi connectivity index (χ0n) is 14.7. The summed E-state index contributed by atoms with van der Waals surface area (Å²) in [6, 6.07) is 14.3. The minimum atomic E-state index is -3.31. The largest absolute Gasteiger partial charge is 0.480 e. The third-order valence-corrected chi connectivity index (χ3v) is 5.31. The fraction of sp³-hybridized carbons (Fsp3) is 0.316. The van der Waals surface area contributed by atoms with Crippen LogP contribution in [-0.4, -0.2) is 43.4 Å². The van der Waals surface area contributed by atoms with Crippen molar-refractivity contribution in [2.45, 2.75) is 29.9 Å². The van der Waals surface area contributed by atoms with Crippen molar-refractivity contribution in [2.75, 3.05) is 12.8 Å². The van der Waals surface area contributed by atoms with E-state index >= 15 is 0 Å². The molecule has 0 saturated heterocycles. The molecule has 0 radical (unpaired) electrons. The topological polar surface area (TPSA) is 104 Å². The number of sulfone groups is 1. The van der Waals surface area contributed by atoms with Gasteiger partial charge in [0.1, 0.15) is 6.04 Å². The second kappa shape index (κ2) is 7.99. The van der Waals surface area contributed by atoms with E-state index in [9.17, 15) is 23.4 Å². The van der Waals surface area contributed by atoms with Gasteiger partial charge in [-0.1, -0.05) is 42.5 Å². The van der Waals surface area contributed by atoms with E-state index in [-0.39, 0.29) is 11.4 Å². The molecular weight excluding hydrogens is 354 g/mol. The predicted octanol–water partition coefficient (Wildman–Crippen LogP) is 1.58. The van der Waals surface area contributed by atoms with Crippen molar-refractivity contribution < 1.29 is 23.4 Å². The summed E-state index contributed by atoms with van der Waals surface area (Å²) in [5.41, 5.74) is 0.0336. The molecule has 2 atom stereocenters. The maximum absolute atomic E-state index is 11.5. The Kier molecular flexibility index (Phi) is 6.17. The maximum Gasteiger partial charge on any atom is 0.321 e. The van der Waals surface area contributed by atoms with Crippen molar-refractivity contribution >= 4 is 15.8 Å². The molecule has 2 rings (SSSR count). The molecule has 0 bridgehead atoms. The summed E-state index contributed by atoms with van der Waals surface area (Å²) < 4.78 is 23.0. The Labute approximate surface area is 153 Å². The van der Waals surface area contributed by atoms with Crippen molar-refractivity contribution in [2.24, 2.45) is 0 Å². The van der Waals surface area contributed by atoms with Gasteiger partial charge in [-0.15, -0.1) is 0 Å². The summed E-state index contributed by atoms with van der Waals surface area (Å²) in [5.74, 6) is -1.00. The van der Waals surface area contributed by atoms with Crippen molar-refractivity contribution in [3.8, 4) is 0 Å². The molecule has 7 heteroatoms. The van der Waals surface area contributed by atoms with Crippen LogP contribution in [0, 0.1) is 0 Å². The molecule has 2 aromatic carbocycles. The van der Waals surface area contributed by atoms with E-state index in [0.29, 0.717) is 12.0 Å². The molecule has 0 heterocycles. The summed E-state index contributed by atoms with van der Waals surface area (Å²) in [7, 11) is -3.31. The summed E-state index contributed by atoms with van der Waals surface area (Å²) in [6.45, 7) is 1.56. The standard InChI is InChI=1S/C19H23NO5S/c1-19(23,15-8-10-16(11-9-15)26(2,24)25)13-20-17(18(21)22)12-14-6-4-3-5-7-14/h3-11,17,20,23H,12-13H2,1-2H3,(H,21,22)/t17-,19?/m1/s1. The minimum Gasteiger partial charge on any atom is -0.480 e. The van der Waals surface area contributed by atoms with Gasteiger partial charge in [0, 0.05) is 12.8 Å². The predicted molar refractivity (Wildman–Crippen MR) is 98.7 cm³/mol. The molecule has 0 aliphatic rings. The van der Waals surface area contributed by atoms with E-state index in [1.165, 1.54) is 24.3 Å². The lowest BCUT2D eigenvalue weighted by Crippen LogP contribution is -2.45. The van der Waals surface area contributed by atoms with E-state index in [1.807, 2.05) is 30.3 Å². The van der Waals surface area contributed by atoms with Gasteiger partial charge in [0.15, 0.2) is 9.84 Å². The van der Waals surface area contributed by atoms with E-state index < -0.39 is 27.4 Å². The number of hydrogen-bond donors (Lipinski definition) is 3. The molecule has 1 unspecified atom stereocenters. The first kappa shape index (κ1) is 20.1. The highest BCUT2D eigenvalue weighted by Gasteiger charge is 2.27. The number of carbonyl (C=O) groups is 1. The van der Waals surface area contributed by atoms with Crippen LogP contribution in [-0.2, 0) is 26.7 Å². The fourth-order valence-electron chi connectivity index (χ4n) is 2.58. The van der Waals surface area contributed by atoms with E-state index in [1.54, 1.807) is 6.92 Å². The second-order valence-electron chi connectivity index (χ2n) is 6.53. The van der Waals surface area contributed by atoms with Crippen LogP contribution in [0.15, 0.2) is 59.5 Å². The second-order valence-corrected chi connectivity index (χ2v) is 8.55. The first-order valence-corrected chi connectivity index (χ1v) is 10.0. The third-order valence-electron chi connectivity index (χ3n) is 4.18. The summed E-state index contributed by atoms with van der Waals surface area (Å²) in [5, 5.41) is 23.0. The van der Waals surface area contributed by atoms with Gasteiger partial charge < -0.3 is 15.5 Å². The Hall–Kier alpha value is -2.22. The molecule has 0 aliphatic heterocycles. The lowest BCUT2D eigenvalue weighted by Gasteiger charge is -2.26. The summed E-state index contributed by atoms with van der Waals surface area (Å²) in [4.78, 5) is 11.7. The van der Waals surface area contributed by atoms with Crippen LogP contribution in [0.1, 0.15) is 18.1 Å². The lowest BCUT2D eigenvalue weighted by atomic mass is 9.95. The molecular formula is C19H23NO5S. The van der Waals surface area contributed by atoms with Gasteiger partial charge in [-0.2, -0.15) is 0 Å². The number of carboxylic acids is 1. The highest BCUT2D eigenvalue weighted by molar-refractivity contribution is 7.90. The van der Waals surface area contributed by atoms with Gasteiger partial charge in [0.25, 0.3) is 0 Å². The number of rotatable bonds is 8. The third kappa shape index (κ3) is 5.39. The van der Waals surface area contributed by atoms with Crippen molar-refractivity contribution in [1.82, 2.24) is 5.32 Å². The fourth-order valence-corrected chi connectivity index (χ4v) is 3.21. The normalized spacial score (nSPS) is 15.2. The number of benzene rings is 2. The van der Waals surface area contributed by atoms with Crippen LogP contribution in [0.2, 0.25) is 0 Å². The zero-order chi connectivity index (χ0) is 19.4. The van der Waals surface area contributed by atoms with Gasteiger partial charge in [-0.05, 0) is 36.6 Å². The van der Waals surface area contributed by atoms with Crippen LogP contribution < -0.4 is 5.32 Å². The number of hydrogen-bond acceptors (Lipinski definition) is 5. The number of nitrogens with one attached hydrogen (secondary N) is 1. The molecule has 0 aromatic heterocycles. The average molecular weight is 377 g/mol. The average Bonchev–Trinajstić information content (AvgIpc) is 2.58. The number of aliphatic carboxylic acids is 1. The number of aliphatic hydroxyl groups is 1. The Morgan fingerprint density at radius 2 is 1.69 bits per heavy atom. The quantitative estimate of drug-likeness (QED) is 0.645. The summed E-state index contributed by atoms with van der Waals surface area (Å²) >= 11 is 0. The Bertz CT molecular complexity index is 845. The highest BCUT2D eigenvalue weighted by Crippen LogP contribution is 2.22. The van der Waals surface area contributed by atoms with E-state index in [4.69, 9.17) is 0 Å². The van der Waals surface area contributed by atoms with Crippen LogP contribution in [0.25, 0.3) is 0 Å². The van der Waals surface area contributed by atoms with Gasteiger partial charge in [0.05, 0.1) is 10.5 Å². The zero-order valence-corrected chi connectivity index (χ0v) is 15.5. The van der Waals surface area contributed by atoms with Gasteiger partial charge in [0.2, 0.25) is 0 Å². The number of carboxylic acid groups (broad SMARTS) is 1. The lowest BCUT2D eigenvalue weighted by molar-refractivity contribution is -0.139. The molecule has 140 valence electrons. The highest BCUT2D eigenvalue weighted by atomic mass is 32.2. The molecule has 0 amide bonds. The molecule has 0 spiro atoms. The molecule has 0 saturated carbocycles.